The van der Waals surface area contributed by atoms with Gasteiger partial charge in [0, 0.05) is 18.5 Å². The number of hydrogen-bond acceptors (Lipinski definition) is 4. The predicted octanol–water partition coefficient (Wildman–Crippen LogP) is 2.80. The molecule has 0 bridgehead atoms. The zero-order valence-electron chi connectivity index (χ0n) is 10.9. The standard InChI is InChI=1S/C14H16FN3O/c1-10-7-16-14(17-8-10)18-9-11(2)19-13-5-3-4-12(15)6-13/h3-8,11H,9H2,1-2H3,(H,16,17,18). The number of nitrogens with one attached hydrogen (secondary N) is 1. The van der Waals surface area contributed by atoms with Crippen LogP contribution in [0.2, 0.25) is 0 Å². The third kappa shape index (κ3) is 4.21. The summed E-state index contributed by atoms with van der Waals surface area (Å²) < 4.78 is 18.6. The average Bonchev–Trinajstić information content (AvgIpc) is 2.38. The Kier molecular flexibility index (Phi) is 4.28. The molecule has 1 aromatic heterocycles. The molecule has 100 valence electrons. The molecule has 1 atom stereocenters. The number of rotatable bonds is 5. The number of benzene rings is 1. The van der Waals surface area contributed by atoms with Gasteiger partial charge in [0.2, 0.25) is 5.95 Å². The second-order valence-electron chi connectivity index (χ2n) is 4.35. The van der Waals surface area contributed by atoms with Gasteiger partial charge in [-0.1, -0.05) is 6.07 Å². The van der Waals surface area contributed by atoms with Gasteiger partial charge in [0.05, 0.1) is 6.54 Å². The summed E-state index contributed by atoms with van der Waals surface area (Å²) in [7, 11) is 0. The molecule has 0 saturated carbocycles. The number of halogens is 1. The minimum Gasteiger partial charge on any atom is -0.489 e. The maximum absolute atomic E-state index is 13.0. The minimum absolute atomic E-state index is 0.119. The SMILES string of the molecule is Cc1cnc(NCC(C)Oc2cccc(F)c2)nc1. The Bertz CT molecular complexity index is 530. The zero-order valence-corrected chi connectivity index (χ0v) is 10.9. The smallest absolute Gasteiger partial charge is 0.222 e. The van der Waals surface area contributed by atoms with E-state index in [4.69, 9.17) is 4.74 Å². The first-order chi connectivity index (χ1) is 9.13. The number of hydrogen-bond donors (Lipinski definition) is 1. The van der Waals surface area contributed by atoms with Gasteiger partial charge in [-0.05, 0) is 31.5 Å². The summed E-state index contributed by atoms with van der Waals surface area (Å²) in [4.78, 5) is 8.27. The van der Waals surface area contributed by atoms with Crippen LogP contribution in [0.5, 0.6) is 5.75 Å². The van der Waals surface area contributed by atoms with Crippen LogP contribution in [-0.4, -0.2) is 22.6 Å². The highest BCUT2D eigenvalue weighted by atomic mass is 19.1. The van der Waals surface area contributed by atoms with Gasteiger partial charge in [-0.15, -0.1) is 0 Å². The molecule has 4 nitrogen and oxygen atoms in total. The van der Waals surface area contributed by atoms with Crippen LogP contribution in [0.1, 0.15) is 12.5 Å². The van der Waals surface area contributed by atoms with Crippen molar-refractivity contribution in [2.75, 3.05) is 11.9 Å². The van der Waals surface area contributed by atoms with Crippen molar-refractivity contribution >= 4 is 5.95 Å². The average molecular weight is 261 g/mol. The van der Waals surface area contributed by atoms with Gasteiger partial charge in [-0.25, -0.2) is 14.4 Å². The third-order valence-corrected chi connectivity index (χ3v) is 2.46. The Morgan fingerprint density at radius 1 is 1.32 bits per heavy atom. The van der Waals surface area contributed by atoms with Crippen molar-refractivity contribution in [1.29, 1.82) is 0 Å². The molecule has 1 heterocycles. The number of anilines is 1. The van der Waals surface area contributed by atoms with E-state index >= 15 is 0 Å². The molecule has 1 unspecified atom stereocenters. The molecule has 2 rings (SSSR count). The van der Waals surface area contributed by atoms with Crippen molar-refractivity contribution in [3.05, 3.63) is 48.0 Å². The van der Waals surface area contributed by atoms with Crippen molar-refractivity contribution in [2.24, 2.45) is 0 Å². The first-order valence-electron chi connectivity index (χ1n) is 6.08. The molecule has 2 aromatic rings. The molecular weight excluding hydrogens is 245 g/mol. The predicted molar refractivity (Wildman–Crippen MR) is 71.7 cm³/mol. The van der Waals surface area contributed by atoms with Gasteiger partial charge in [0.1, 0.15) is 17.7 Å². The van der Waals surface area contributed by atoms with Gasteiger partial charge < -0.3 is 10.1 Å². The van der Waals surface area contributed by atoms with Crippen molar-refractivity contribution < 1.29 is 9.13 Å². The van der Waals surface area contributed by atoms with E-state index in [2.05, 4.69) is 15.3 Å². The molecule has 0 spiro atoms. The highest BCUT2D eigenvalue weighted by molar-refractivity contribution is 5.25. The normalized spacial score (nSPS) is 11.9. The Balaban J connectivity index is 1.84. The highest BCUT2D eigenvalue weighted by Crippen LogP contribution is 2.13. The fourth-order valence-corrected chi connectivity index (χ4v) is 1.53. The van der Waals surface area contributed by atoms with Gasteiger partial charge in [0.15, 0.2) is 0 Å². The Morgan fingerprint density at radius 2 is 2.05 bits per heavy atom. The molecule has 0 amide bonds. The van der Waals surface area contributed by atoms with Crippen LogP contribution in [0.15, 0.2) is 36.7 Å². The van der Waals surface area contributed by atoms with Gasteiger partial charge in [-0.3, -0.25) is 0 Å². The molecular formula is C14H16FN3O. The lowest BCUT2D eigenvalue weighted by atomic mass is 10.3. The largest absolute Gasteiger partial charge is 0.489 e. The van der Waals surface area contributed by atoms with Crippen LogP contribution in [0.25, 0.3) is 0 Å². The van der Waals surface area contributed by atoms with Crippen LogP contribution in [0.3, 0.4) is 0 Å². The zero-order chi connectivity index (χ0) is 13.7. The molecule has 19 heavy (non-hydrogen) atoms. The lowest BCUT2D eigenvalue weighted by molar-refractivity contribution is 0.233. The molecule has 1 N–H and O–H groups in total. The summed E-state index contributed by atoms with van der Waals surface area (Å²) in [6.07, 6.45) is 3.37. The van der Waals surface area contributed by atoms with E-state index in [0.29, 0.717) is 18.2 Å². The second-order valence-corrected chi connectivity index (χ2v) is 4.35. The summed E-state index contributed by atoms with van der Waals surface area (Å²) in [5, 5.41) is 3.07. The maximum atomic E-state index is 13.0. The molecule has 0 radical (unpaired) electrons. The van der Waals surface area contributed by atoms with E-state index < -0.39 is 0 Å². The first kappa shape index (κ1) is 13.3. The van der Waals surface area contributed by atoms with Crippen molar-refractivity contribution in [3.63, 3.8) is 0 Å². The Hall–Kier alpha value is -2.17. The minimum atomic E-state index is -0.306. The number of aryl methyl sites for hydroxylation is 1. The number of nitrogens with zero attached hydrogens (tertiary/aromatic N) is 2. The lowest BCUT2D eigenvalue weighted by Crippen LogP contribution is -2.23. The summed E-state index contributed by atoms with van der Waals surface area (Å²) >= 11 is 0. The topological polar surface area (TPSA) is 47.0 Å². The molecule has 1 aromatic carbocycles. The highest BCUT2D eigenvalue weighted by Gasteiger charge is 2.05. The van der Waals surface area contributed by atoms with Crippen LogP contribution in [-0.2, 0) is 0 Å². The van der Waals surface area contributed by atoms with Crippen LogP contribution < -0.4 is 10.1 Å². The fourth-order valence-electron chi connectivity index (χ4n) is 1.53. The lowest BCUT2D eigenvalue weighted by Gasteiger charge is -2.15. The second kappa shape index (κ2) is 6.13. The Labute approximate surface area is 111 Å². The number of aromatic nitrogens is 2. The third-order valence-electron chi connectivity index (χ3n) is 2.46. The van der Waals surface area contributed by atoms with Gasteiger partial charge in [0.25, 0.3) is 0 Å². The van der Waals surface area contributed by atoms with Crippen LogP contribution in [0, 0.1) is 12.7 Å². The van der Waals surface area contributed by atoms with E-state index in [-0.39, 0.29) is 11.9 Å². The quantitative estimate of drug-likeness (QED) is 0.899. The molecule has 0 fully saturated rings. The first-order valence-corrected chi connectivity index (χ1v) is 6.08. The molecule has 0 aliphatic heterocycles. The van der Waals surface area contributed by atoms with E-state index in [0.717, 1.165) is 5.56 Å². The Morgan fingerprint density at radius 3 is 2.74 bits per heavy atom. The van der Waals surface area contributed by atoms with Crippen molar-refractivity contribution in [1.82, 2.24) is 9.97 Å². The van der Waals surface area contributed by atoms with Gasteiger partial charge >= 0.3 is 0 Å². The summed E-state index contributed by atoms with van der Waals surface area (Å²) in [5.74, 6) is 0.763. The van der Waals surface area contributed by atoms with Crippen molar-refractivity contribution in [3.8, 4) is 5.75 Å². The number of ether oxygens (including phenoxy) is 1. The summed E-state index contributed by atoms with van der Waals surface area (Å²) in [6.45, 7) is 4.37. The maximum Gasteiger partial charge on any atom is 0.222 e. The van der Waals surface area contributed by atoms with Crippen LogP contribution >= 0.6 is 0 Å². The molecule has 0 saturated heterocycles. The molecule has 0 aliphatic rings. The fraction of sp³-hybridized carbons (Fsp3) is 0.286. The van der Waals surface area contributed by atoms with Crippen LogP contribution in [0.4, 0.5) is 10.3 Å². The molecule has 5 heteroatoms. The van der Waals surface area contributed by atoms with E-state index in [9.17, 15) is 4.39 Å². The summed E-state index contributed by atoms with van der Waals surface area (Å²) in [5.41, 5.74) is 1.01. The monoisotopic (exact) mass is 261 g/mol. The summed E-state index contributed by atoms with van der Waals surface area (Å²) in [6, 6.07) is 6.09. The van der Waals surface area contributed by atoms with E-state index in [1.807, 2.05) is 13.8 Å². The van der Waals surface area contributed by atoms with Gasteiger partial charge in [-0.2, -0.15) is 0 Å². The van der Waals surface area contributed by atoms with E-state index in [1.165, 1.54) is 12.1 Å². The van der Waals surface area contributed by atoms with Crippen molar-refractivity contribution in [2.45, 2.75) is 20.0 Å². The molecule has 0 aliphatic carbocycles. The van der Waals surface area contributed by atoms with E-state index in [1.54, 1.807) is 24.5 Å².